The van der Waals surface area contributed by atoms with Crippen molar-refractivity contribution in [3.63, 3.8) is 0 Å². The van der Waals surface area contributed by atoms with E-state index >= 15 is 0 Å². The molecule has 0 aliphatic heterocycles. The summed E-state index contributed by atoms with van der Waals surface area (Å²) in [5, 5.41) is 0. The van der Waals surface area contributed by atoms with Crippen molar-refractivity contribution >= 4 is 28.6 Å². The number of aldehydes is 1. The summed E-state index contributed by atoms with van der Waals surface area (Å²) in [5.41, 5.74) is -2.36. The van der Waals surface area contributed by atoms with E-state index in [2.05, 4.69) is 4.98 Å². The molecule has 0 spiro atoms. The van der Waals surface area contributed by atoms with Crippen LogP contribution in [-0.4, -0.2) is 33.1 Å². The molecular formula is C27H17F6N3O3. The van der Waals surface area contributed by atoms with E-state index in [1.165, 1.54) is 53.6 Å². The molecule has 0 N–H and O–H groups in total. The quantitative estimate of drug-likeness (QED) is 0.112. The van der Waals surface area contributed by atoms with Gasteiger partial charge < -0.3 is 13.7 Å². The number of aryl methyl sites for hydroxylation is 1. The van der Waals surface area contributed by atoms with Crippen LogP contribution in [0.1, 0.15) is 37.8 Å². The number of benzene rings is 2. The van der Waals surface area contributed by atoms with Gasteiger partial charge in [0.1, 0.15) is 17.9 Å². The number of fused-ring (bicyclic) bond motifs is 2. The second-order valence-corrected chi connectivity index (χ2v) is 8.69. The minimum atomic E-state index is -4.88. The summed E-state index contributed by atoms with van der Waals surface area (Å²) in [6, 6.07) is 7.26. The molecular weight excluding hydrogens is 528 g/mol. The average molecular weight is 545 g/mol. The Labute approximate surface area is 216 Å². The number of alkyl halides is 3. The lowest BCUT2D eigenvalue weighted by molar-refractivity contribution is -0.137. The largest absolute Gasteiger partial charge is 0.417 e. The van der Waals surface area contributed by atoms with Gasteiger partial charge in [0.25, 0.3) is 0 Å². The van der Waals surface area contributed by atoms with Crippen LogP contribution in [0.2, 0.25) is 0 Å². The van der Waals surface area contributed by atoms with Crippen molar-refractivity contribution in [2.45, 2.75) is 12.8 Å². The highest BCUT2D eigenvalue weighted by atomic mass is 19.4. The third-order valence-corrected chi connectivity index (χ3v) is 6.44. The predicted molar refractivity (Wildman–Crippen MR) is 128 cm³/mol. The van der Waals surface area contributed by atoms with E-state index in [0.29, 0.717) is 24.2 Å². The molecule has 0 atom stereocenters. The van der Waals surface area contributed by atoms with Crippen LogP contribution in [0.3, 0.4) is 0 Å². The van der Waals surface area contributed by atoms with Crippen molar-refractivity contribution in [2.24, 2.45) is 7.05 Å². The minimum absolute atomic E-state index is 0.00943. The number of carbonyl (C=O) groups is 2. The maximum Gasteiger partial charge on any atom is 0.417 e. The minimum Gasteiger partial charge on any atom is -0.377 e. The van der Waals surface area contributed by atoms with Gasteiger partial charge in [-0.05, 0) is 36.4 Å². The van der Waals surface area contributed by atoms with Crippen LogP contribution < -0.4 is 0 Å². The Balaban J connectivity index is 1.78. The van der Waals surface area contributed by atoms with Gasteiger partial charge in [-0.25, -0.2) is 18.2 Å². The fraction of sp³-hybridized carbons (Fsp3) is 0.148. The molecule has 0 bridgehead atoms. The molecule has 0 saturated carbocycles. The van der Waals surface area contributed by atoms with Gasteiger partial charge in [0, 0.05) is 37.0 Å². The maximum absolute atomic E-state index is 14.4. The molecule has 39 heavy (non-hydrogen) atoms. The van der Waals surface area contributed by atoms with E-state index in [9.17, 15) is 35.9 Å². The van der Waals surface area contributed by atoms with E-state index in [1.54, 1.807) is 0 Å². The molecule has 2 aromatic carbocycles. The van der Waals surface area contributed by atoms with E-state index in [4.69, 9.17) is 4.74 Å². The highest BCUT2D eigenvalue weighted by Gasteiger charge is 2.37. The summed E-state index contributed by atoms with van der Waals surface area (Å²) in [5.74, 6) is -5.48. The molecule has 0 amide bonds. The summed E-state index contributed by atoms with van der Waals surface area (Å²) in [6.45, 7) is -0.00943. The summed E-state index contributed by atoms with van der Waals surface area (Å²) in [7, 11) is 2.90. The van der Waals surface area contributed by atoms with E-state index in [1.807, 2.05) is 0 Å². The molecule has 6 nitrogen and oxygen atoms in total. The fourth-order valence-electron chi connectivity index (χ4n) is 4.65. The van der Waals surface area contributed by atoms with Gasteiger partial charge in [-0.1, -0.05) is 6.07 Å². The predicted octanol–water partition coefficient (Wildman–Crippen LogP) is 6.12. The first-order valence-corrected chi connectivity index (χ1v) is 11.3. The number of aromatic nitrogens is 3. The monoisotopic (exact) mass is 545 g/mol. The lowest BCUT2D eigenvalue weighted by Gasteiger charge is -2.17. The molecule has 0 saturated heterocycles. The fourth-order valence-corrected chi connectivity index (χ4v) is 4.65. The van der Waals surface area contributed by atoms with Gasteiger partial charge in [0.2, 0.25) is 5.78 Å². The molecule has 0 aliphatic carbocycles. The first-order chi connectivity index (χ1) is 18.5. The molecule has 0 unspecified atom stereocenters. The van der Waals surface area contributed by atoms with E-state index in [0.717, 1.165) is 6.07 Å². The molecule has 0 aliphatic rings. The van der Waals surface area contributed by atoms with Gasteiger partial charge in [-0.2, -0.15) is 13.2 Å². The first-order valence-electron chi connectivity index (χ1n) is 11.3. The SMILES string of the molecule is COCc1nc2c(C=O)c(-c3cccn4c(C(=O)c5cc(F)c(F)c(F)c5)ccc34)c(C(F)(F)F)cc2n1C. The van der Waals surface area contributed by atoms with Gasteiger partial charge in [0.05, 0.1) is 27.9 Å². The van der Waals surface area contributed by atoms with Crippen LogP contribution in [0.25, 0.3) is 27.7 Å². The van der Waals surface area contributed by atoms with Gasteiger partial charge in [-0.3, -0.25) is 9.59 Å². The number of halogens is 6. The molecule has 0 fully saturated rings. The Kier molecular flexibility index (Phi) is 6.30. The topological polar surface area (TPSA) is 65.6 Å². The number of hydrogen-bond acceptors (Lipinski definition) is 4. The van der Waals surface area contributed by atoms with Gasteiger partial charge in [0.15, 0.2) is 23.7 Å². The number of imidazole rings is 1. The lowest BCUT2D eigenvalue weighted by Crippen LogP contribution is -2.11. The zero-order chi connectivity index (χ0) is 28.2. The molecule has 5 rings (SSSR count). The Morgan fingerprint density at radius 1 is 1.05 bits per heavy atom. The third-order valence-electron chi connectivity index (χ3n) is 6.44. The van der Waals surface area contributed by atoms with Crippen molar-refractivity contribution in [3.05, 3.63) is 94.3 Å². The van der Waals surface area contributed by atoms with Crippen LogP contribution in [0.4, 0.5) is 26.3 Å². The number of methoxy groups -OCH3 is 1. The Bertz CT molecular complexity index is 1780. The number of carbonyl (C=O) groups excluding carboxylic acids is 2. The van der Waals surface area contributed by atoms with Crippen LogP contribution in [0, 0.1) is 17.5 Å². The number of ether oxygens (including phenoxy) is 1. The molecule has 200 valence electrons. The second-order valence-electron chi connectivity index (χ2n) is 8.69. The van der Waals surface area contributed by atoms with Crippen LogP contribution >= 0.6 is 0 Å². The zero-order valence-corrected chi connectivity index (χ0v) is 20.2. The van der Waals surface area contributed by atoms with Gasteiger partial charge in [-0.15, -0.1) is 0 Å². The van der Waals surface area contributed by atoms with Crippen molar-refractivity contribution in [1.29, 1.82) is 0 Å². The molecule has 12 heteroatoms. The summed E-state index contributed by atoms with van der Waals surface area (Å²) < 4.78 is 91.8. The molecule has 0 radical (unpaired) electrons. The van der Waals surface area contributed by atoms with Crippen LogP contribution in [0.5, 0.6) is 0 Å². The number of pyridine rings is 1. The Hall–Kier alpha value is -4.45. The Morgan fingerprint density at radius 3 is 2.36 bits per heavy atom. The van der Waals surface area contributed by atoms with E-state index in [-0.39, 0.29) is 40.0 Å². The van der Waals surface area contributed by atoms with Crippen molar-refractivity contribution in [2.75, 3.05) is 7.11 Å². The number of nitrogens with zero attached hydrogens (tertiary/aromatic N) is 3. The average Bonchev–Trinajstić information content (AvgIpc) is 3.46. The van der Waals surface area contributed by atoms with Crippen molar-refractivity contribution < 1.29 is 40.7 Å². The van der Waals surface area contributed by atoms with E-state index < -0.39 is 46.1 Å². The highest BCUT2D eigenvalue weighted by molar-refractivity contribution is 6.10. The first kappa shape index (κ1) is 26.2. The molecule has 3 aromatic heterocycles. The summed E-state index contributed by atoms with van der Waals surface area (Å²) in [6.07, 6.45) is -3.22. The third kappa shape index (κ3) is 4.16. The summed E-state index contributed by atoms with van der Waals surface area (Å²) >= 11 is 0. The smallest absolute Gasteiger partial charge is 0.377 e. The zero-order valence-electron chi connectivity index (χ0n) is 20.2. The number of rotatable bonds is 6. The standard InChI is InChI=1S/C27H17F6N3O3/c1-35-21-10-16(27(31,32)33)23(15(11-37)25(21)34-22(35)12-39-2)14-4-3-7-36-19(14)5-6-20(36)26(38)13-8-17(28)24(30)18(29)9-13/h3-11H,12H2,1-2H3. The normalized spacial score (nSPS) is 12.0. The number of ketones is 1. The lowest BCUT2D eigenvalue weighted by atomic mass is 9.93. The molecule has 3 heterocycles. The Morgan fingerprint density at radius 2 is 1.74 bits per heavy atom. The second kappa shape index (κ2) is 9.38. The maximum atomic E-state index is 14.4. The van der Waals surface area contributed by atoms with Crippen molar-refractivity contribution in [3.8, 4) is 11.1 Å². The number of hydrogen-bond donors (Lipinski definition) is 0. The van der Waals surface area contributed by atoms with Crippen LogP contribution in [-0.2, 0) is 24.6 Å². The summed E-state index contributed by atoms with van der Waals surface area (Å²) in [4.78, 5) is 29.7. The van der Waals surface area contributed by atoms with Crippen molar-refractivity contribution in [1.82, 2.24) is 14.0 Å². The van der Waals surface area contributed by atoms with Gasteiger partial charge >= 0.3 is 6.18 Å². The highest BCUT2D eigenvalue weighted by Crippen LogP contribution is 2.43. The molecule has 5 aromatic rings. The van der Waals surface area contributed by atoms with Crippen LogP contribution in [0.15, 0.2) is 48.7 Å².